The third-order valence-corrected chi connectivity index (χ3v) is 5.51. The fourth-order valence-electron chi connectivity index (χ4n) is 3.34. The van der Waals surface area contributed by atoms with E-state index in [2.05, 4.69) is 30.3 Å². The molecular weight excluding hydrogens is 352 g/mol. The Morgan fingerprint density at radius 1 is 0.607 bits per heavy atom. The van der Waals surface area contributed by atoms with Crippen molar-refractivity contribution < 1.29 is 20.1 Å². The van der Waals surface area contributed by atoms with Crippen molar-refractivity contribution in [1.82, 2.24) is 0 Å². The largest absolute Gasteiger partial charge is 0.396 e. The van der Waals surface area contributed by atoms with Crippen LogP contribution in [-0.4, -0.2) is 48.4 Å². The predicted octanol–water partition coefficient (Wildman–Crippen LogP) is 4.50. The molecule has 4 heteroatoms. The Hall–Kier alpha value is -0.940. The Kier molecular flexibility index (Phi) is 15.2. The van der Waals surface area contributed by atoms with Gasteiger partial charge in [-0.15, -0.1) is 0 Å². The lowest BCUT2D eigenvalue weighted by Crippen LogP contribution is -2.38. The van der Waals surface area contributed by atoms with Gasteiger partial charge in [0.15, 0.2) is 0 Å². The zero-order valence-corrected chi connectivity index (χ0v) is 17.7. The fraction of sp³-hybridized carbons (Fsp3) is 0.750. The van der Waals surface area contributed by atoms with Gasteiger partial charge in [0.25, 0.3) is 0 Å². The van der Waals surface area contributed by atoms with E-state index in [1.165, 1.54) is 69.8 Å². The van der Waals surface area contributed by atoms with E-state index in [1.807, 2.05) is 0 Å². The molecule has 0 aromatic heterocycles. The van der Waals surface area contributed by atoms with Crippen molar-refractivity contribution in [2.75, 3.05) is 33.0 Å². The Bertz CT molecular complexity index is 437. The SMILES string of the molecule is OCC(CO)(CO)COCCCCCCCCCCCCCc1ccccc1. The zero-order chi connectivity index (χ0) is 20.3. The summed E-state index contributed by atoms with van der Waals surface area (Å²) < 4.78 is 5.51. The third-order valence-electron chi connectivity index (χ3n) is 5.51. The zero-order valence-electron chi connectivity index (χ0n) is 17.7. The van der Waals surface area contributed by atoms with Crippen LogP contribution in [0.25, 0.3) is 0 Å². The molecule has 3 N–H and O–H groups in total. The molecule has 0 spiro atoms. The van der Waals surface area contributed by atoms with Crippen LogP contribution >= 0.6 is 0 Å². The van der Waals surface area contributed by atoms with Crippen LogP contribution in [0.1, 0.15) is 76.2 Å². The average molecular weight is 395 g/mol. The van der Waals surface area contributed by atoms with Gasteiger partial charge in [0.2, 0.25) is 0 Å². The number of hydrogen-bond acceptors (Lipinski definition) is 4. The second-order valence-corrected chi connectivity index (χ2v) is 8.15. The number of hydrogen-bond donors (Lipinski definition) is 3. The Morgan fingerprint density at radius 2 is 1.07 bits per heavy atom. The molecule has 0 aliphatic carbocycles. The molecule has 0 radical (unpaired) electrons. The summed E-state index contributed by atoms with van der Waals surface area (Å²) in [5.74, 6) is 0. The van der Waals surface area contributed by atoms with Crippen molar-refractivity contribution in [3.8, 4) is 0 Å². The maximum atomic E-state index is 9.23. The van der Waals surface area contributed by atoms with Crippen LogP contribution in [0.5, 0.6) is 0 Å². The van der Waals surface area contributed by atoms with Gasteiger partial charge in [0, 0.05) is 6.61 Å². The van der Waals surface area contributed by atoms with Gasteiger partial charge in [-0.1, -0.05) is 88.1 Å². The van der Waals surface area contributed by atoms with Gasteiger partial charge in [0.05, 0.1) is 31.8 Å². The molecule has 0 amide bonds. The highest BCUT2D eigenvalue weighted by molar-refractivity contribution is 5.14. The lowest BCUT2D eigenvalue weighted by atomic mass is 9.93. The quantitative estimate of drug-likeness (QED) is 0.302. The van der Waals surface area contributed by atoms with Crippen LogP contribution in [-0.2, 0) is 11.2 Å². The van der Waals surface area contributed by atoms with Crippen LogP contribution in [0, 0.1) is 5.41 Å². The molecule has 162 valence electrons. The molecule has 1 rings (SSSR count). The van der Waals surface area contributed by atoms with Gasteiger partial charge >= 0.3 is 0 Å². The van der Waals surface area contributed by atoms with Crippen molar-refractivity contribution >= 4 is 0 Å². The first-order chi connectivity index (χ1) is 13.8. The number of aliphatic hydroxyl groups is 3. The van der Waals surface area contributed by atoms with Crippen molar-refractivity contribution in [2.45, 2.75) is 77.0 Å². The van der Waals surface area contributed by atoms with Gasteiger partial charge in [-0.05, 0) is 24.8 Å². The summed E-state index contributed by atoms with van der Waals surface area (Å²) in [5.41, 5.74) is 0.559. The smallest absolute Gasteiger partial charge is 0.0629 e. The van der Waals surface area contributed by atoms with E-state index in [-0.39, 0.29) is 26.4 Å². The molecule has 0 bridgehead atoms. The Labute approximate surface area is 171 Å². The van der Waals surface area contributed by atoms with Crippen LogP contribution in [0.2, 0.25) is 0 Å². The van der Waals surface area contributed by atoms with Crippen molar-refractivity contribution in [1.29, 1.82) is 0 Å². The fourth-order valence-corrected chi connectivity index (χ4v) is 3.34. The minimum absolute atomic E-state index is 0.210. The van der Waals surface area contributed by atoms with Gasteiger partial charge < -0.3 is 20.1 Å². The normalized spacial score (nSPS) is 11.8. The van der Waals surface area contributed by atoms with Gasteiger partial charge in [-0.3, -0.25) is 0 Å². The third kappa shape index (κ3) is 11.8. The molecule has 0 aliphatic rings. The van der Waals surface area contributed by atoms with E-state index in [0.717, 1.165) is 12.8 Å². The predicted molar refractivity (Wildman–Crippen MR) is 115 cm³/mol. The van der Waals surface area contributed by atoms with Gasteiger partial charge in [-0.25, -0.2) is 0 Å². The number of aryl methyl sites for hydroxylation is 1. The molecule has 0 aliphatic heterocycles. The first kappa shape index (κ1) is 25.1. The van der Waals surface area contributed by atoms with E-state index in [1.54, 1.807) is 0 Å². The van der Waals surface area contributed by atoms with Crippen molar-refractivity contribution in [3.63, 3.8) is 0 Å². The van der Waals surface area contributed by atoms with E-state index >= 15 is 0 Å². The highest BCUT2D eigenvalue weighted by atomic mass is 16.5. The summed E-state index contributed by atoms with van der Waals surface area (Å²) in [7, 11) is 0. The number of rotatable bonds is 19. The van der Waals surface area contributed by atoms with E-state index in [9.17, 15) is 15.3 Å². The maximum absolute atomic E-state index is 9.23. The Morgan fingerprint density at radius 3 is 1.57 bits per heavy atom. The van der Waals surface area contributed by atoms with Gasteiger partial charge in [0.1, 0.15) is 0 Å². The standard InChI is InChI=1S/C24H42O4/c25-19-24(20-26,21-27)22-28-18-14-9-7-5-3-1-2-4-6-8-11-15-23-16-12-10-13-17-23/h10,12-13,16-17,25-27H,1-9,11,14-15,18-22H2. The number of ether oxygens (including phenoxy) is 1. The van der Waals surface area contributed by atoms with E-state index in [0.29, 0.717) is 6.61 Å². The van der Waals surface area contributed by atoms with Gasteiger partial charge in [-0.2, -0.15) is 0 Å². The summed E-state index contributed by atoms with van der Waals surface area (Å²) in [6.45, 7) is 0.0691. The Balaban J connectivity index is 1.79. The average Bonchev–Trinajstić information content (AvgIpc) is 2.75. The maximum Gasteiger partial charge on any atom is 0.0629 e. The van der Waals surface area contributed by atoms with Crippen LogP contribution in [0.15, 0.2) is 30.3 Å². The summed E-state index contributed by atoms with van der Waals surface area (Å²) >= 11 is 0. The van der Waals surface area contributed by atoms with Crippen molar-refractivity contribution in [2.24, 2.45) is 5.41 Å². The molecule has 0 saturated heterocycles. The number of benzene rings is 1. The van der Waals surface area contributed by atoms with E-state index in [4.69, 9.17) is 4.74 Å². The molecule has 0 fully saturated rings. The summed E-state index contributed by atoms with van der Waals surface area (Å²) in [6, 6.07) is 10.8. The lowest BCUT2D eigenvalue weighted by Gasteiger charge is -2.26. The van der Waals surface area contributed by atoms with Crippen LogP contribution < -0.4 is 0 Å². The second kappa shape index (κ2) is 17.0. The molecular formula is C24H42O4. The minimum atomic E-state index is -0.901. The van der Waals surface area contributed by atoms with Crippen molar-refractivity contribution in [3.05, 3.63) is 35.9 Å². The highest BCUT2D eigenvalue weighted by Crippen LogP contribution is 2.16. The first-order valence-corrected chi connectivity index (χ1v) is 11.2. The summed E-state index contributed by atoms with van der Waals surface area (Å²) in [6.07, 6.45) is 15.3. The van der Waals surface area contributed by atoms with Crippen LogP contribution in [0.4, 0.5) is 0 Å². The molecule has 1 aromatic rings. The second-order valence-electron chi connectivity index (χ2n) is 8.15. The highest BCUT2D eigenvalue weighted by Gasteiger charge is 2.28. The molecule has 0 atom stereocenters. The minimum Gasteiger partial charge on any atom is -0.396 e. The molecule has 1 aromatic carbocycles. The monoisotopic (exact) mass is 394 g/mol. The molecule has 0 heterocycles. The number of unbranched alkanes of at least 4 members (excludes halogenated alkanes) is 10. The lowest BCUT2D eigenvalue weighted by molar-refractivity contribution is -0.0582. The topological polar surface area (TPSA) is 69.9 Å². The molecule has 0 unspecified atom stereocenters. The summed E-state index contributed by atoms with van der Waals surface area (Å²) in [4.78, 5) is 0. The summed E-state index contributed by atoms with van der Waals surface area (Å²) in [5, 5.41) is 27.7. The number of aliphatic hydroxyl groups excluding tert-OH is 3. The first-order valence-electron chi connectivity index (χ1n) is 11.2. The molecule has 28 heavy (non-hydrogen) atoms. The van der Waals surface area contributed by atoms with E-state index < -0.39 is 5.41 Å². The van der Waals surface area contributed by atoms with Crippen LogP contribution in [0.3, 0.4) is 0 Å². The molecule has 4 nitrogen and oxygen atoms in total. The molecule has 0 saturated carbocycles.